The van der Waals surface area contributed by atoms with Crippen molar-refractivity contribution in [1.29, 1.82) is 0 Å². The number of likely N-dealkylation sites (tertiary alicyclic amines) is 1. The highest BCUT2D eigenvalue weighted by molar-refractivity contribution is 7.99. The van der Waals surface area contributed by atoms with Crippen LogP contribution >= 0.6 is 11.8 Å². The van der Waals surface area contributed by atoms with E-state index >= 15 is 0 Å². The highest BCUT2D eigenvalue weighted by Gasteiger charge is 2.19. The summed E-state index contributed by atoms with van der Waals surface area (Å²) in [4.78, 5) is 35.1. The Bertz CT molecular complexity index is 1000. The first-order chi connectivity index (χ1) is 13.1. The van der Waals surface area contributed by atoms with Crippen LogP contribution in [0.5, 0.6) is 0 Å². The molecular weight excluding hydrogens is 364 g/mol. The Kier molecular flexibility index (Phi) is 5.07. The van der Waals surface area contributed by atoms with Crippen molar-refractivity contribution in [2.75, 3.05) is 18.8 Å². The maximum absolute atomic E-state index is 13.0. The predicted octanol–water partition coefficient (Wildman–Crippen LogP) is 2.78. The molecule has 0 atom stereocenters. The van der Waals surface area contributed by atoms with Gasteiger partial charge in [-0.1, -0.05) is 11.8 Å². The van der Waals surface area contributed by atoms with E-state index in [0.717, 1.165) is 31.6 Å². The van der Waals surface area contributed by atoms with Gasteiger partial charge in [0.1, 0.15) is 11.3 Å². The van der Waals surface area contributed by atoms with Gasteiger partial charge >= 0.3 is 0 Å². The molecule has 4 heterocycles. The Labute approximate surface area is 160 Å². The molecule has 0 aliphatic carbocycles. The van der Waals surface area contributed by atoms with Crippen LogP contribution in [0.1, 0.15) is 30.7 Å². The smallest absolute Gasteiger partial charge is 0.278 e. The van der Waals surface area contributed by atoms with Gasteiger partial charge in [-0.2, -0.15) is 0 Å². The molecule has 7 nitrogen and oxygen atoms in total. The van der Waals surface area contributed by atoms with E-state index in [0.29, 0.717) is 22.0 Å². The molecule has 1 aliphatic heterocycles. The van der Waals surface area contributed by atoms with Crippen molar-refractivity contribution in [2.24, 2.45) is 0 Å². The average molecular weight is 386 g/mol. The molecule has 0 radical (unpaired) electrons. The van der Waals surface area contributed by atoms with E-state index < -0.39 is 0 Å². The first-order valence-corrected chi connectivity index (χ1v) is 10.1. The van der Waals surface area contributed by atoms with Gasteiger partial charge in [0.25, 0.3) is 5.56 Å². The number of fused-ring (bicyclic) bond motifs is 1. The van der Waals surface area contributed by atoms with Crippen LogP contribution in [-0.4, -0.2) is 44.2 Å². The number of amides is 1. The lowest BCUT2D eigenvalue weighted by Crippen LogP contribution is -2.37. The van der Waals surface area contributed by atoms with E-state index in [4.69, 9.17) is 4.42 Å². The summed E-state index contributed by atoms with van der Waals surface area (Å²) >= 11 is 1.31. The third kappa shape index (κ3) is 3.80. The molecule has 0 unspecified atom stereocenters. The molecule has 1 amide bonds. The first kappa shape index (κ1) is 17.9. The summed E-state index contributed by atoms with van der Waals surface area (Å²) in [6, 6.07) is 5.46. The summed E-state index contributed by atoms with van der Waals surface area (Å²) in [7, 11) is 0. The Balaban J connectivity index is 1.63. The predicted molar refractivity (Wildman–Crippen MR) is 104 cm³/mol. The minimum absolute atomic E-state index is 0.101. The van der Waals surface area contributed by atoms with Gasteiger partial charge in [-0.15, -0.1) is 0 Å². The van der Waals surface area contributed by atoms with E-state index in [1.54, 1.807) is 16.9 Å². The fourth-order valence-electron chi connectivity index (χ4n) is 3.38. The minimum Gasteiger partial charge on any atom is -0.467 e. The number of thioether (sulfide) groups is 1. The lowest BCUT2D eigenvalue weighted by molar-refractivity contribution is -0.129. The zero-order valence-corrected chi connectivity index (χ0v) is 16.1. The molecule has 1 saturated heterocycles. The lowest BCUT2D eigenvalue weighted by Gasteiger charge is -2.26. The Hall–Kier alpha value is -2.48. The molecule has 142 valence electrons. The van der Waals surface area contributed by atoms with Crippen LogP contribution in [-0.2, 0) is 11.3 Å². The van der Waals surface area contributed by atoms with Gasteiger partial charge in [0.2, 0.25) is 5.91 Å². The molecule has 1 aliphatic rings. The first-order valence-electron chi connectivity index (χ1n) is 9.15. The van der Waals surface area contributed by atoms with E-state index in [-0.39, 0.29) is 23.8 Å². The molecule has 0 spiro atoms. The summed E-state index contributed by atoms with van der Waals surface area (Å²) in [5.74, 6) is 1.05. The summed E-state index contributed by atoms with van der Waals surface area (Å²) in [6.45, 7) is 3.82. The van der Waals surface area contributed by atoms with Crippen molar-refractivity contribution >= 4 is 28.7 Å². The van der Waals surface area contributed by atoms with Gasteiger partial charge in [0, 0.05) is 18.8 Å². The number of nitrogens with zero attached hydrogens (tertiary/aromatic N) is 3. The number of piperidine rings is 1. The largest absolute Gasteiger partial charge is 0.467 e. The molecule has 27 heavy (non-hydrogen) atoms. The van der Waals surface area contributed by atoms with Gasteiger partial charge in [0.15, 0.2) is 5.16 Å². The third-order valence-corrected chi connectivity index (χ3v) is 5.73. The number of aryl methyl sites for hydroxylation is 1. The normalized spacial score (nSPS) is 14.8. The quantitative estimate of drug-likeness (QED) is 0.538. The fraction of sp³-hybridized carbons (Fsp3) is 0.421. The molecule has 1 fully saturated rings. The SMILES string of the molecule is Cc1cc2nc(SCC(=O)N3CCCCC3)n(Cc3ccco3)c(=O)c2[nH]1. The average Bonchev–Trinajstić information content (AvgIpc) is 3.32. The standard InChI is InChI=1S/C19H22N4O3S/c1-13-10-15-17(20-13)18(25)23(11-14-6-5-9-26-14)19(21-15)27-12-16(24)22-7-3-2-4-8-22/h5-6,9-10,20H,2-4,7-8,11-12H2,1H3. The molecular formula is C19H22N4O3S. The van der Waals surface area contributed by atoms with Gasteiger partial charge < -0.3 is 14.3 Å². The minimum atomic E-state index is -0.155. The highest BCUT2D eigenvalue weighted by Crippen LogP contribution is 2.21. The Morgan fingerprint density at radius 3 is 2.89 bits per heavy atom. The topological polar surface area (TPSA) is 84.1 Å². The van der Waals surface area contributed by atoms with E-state index in [1.165, 1.54) is 18.2 Å². The summed E-state index contributed by atoms with van der Waals surface area (Å²) in [5, 5.41) is 0.535. The zero-order chi connectivity index (χ0) is 18.8. The van der Waals surface area contributed by atoms with Crippen molar-refractivity contribution in [3.8, 4) is 0 Å². The van der Waals surface area contributed by atoms with E-state index in [9.17, 15) is 9.59 Å². The Morgan fingerprint density at radius 1 is 1.33 bits per heavy atom. The summed E-state index contributed by atoms with van der Waals surface area (Å²) in [5.41, 5.74) is 1.83. The number of hydrogen-bond acceptors (Lipinski definition) is 5. The van der Waals surface area contributed by atoms with Crippen LogP contribution in [0.25, 0.3) is 11.0 Å². The van der Waals surface area contributed by atoms with Crippen LogP contribution in [0.2, 0.25) is 0 Å². The number of carbonyl (C=O) groups is 1. The second-order valence-electron chi connectivity index (χ2n) is 6.81. The fourth-order valence-corrected chi connectivity index (χ4v) is 4.28. The molecule has 8 heteroatoms. The van der Waals surface area contributed by atoms with Crippen molar-refractivity contribution < 1.29 is 9.21 Å². The molecule has 3 aromatic rings. The maximum atomic E-state index is 13.0. The summed E-state index contributed by atoms with van der Waals surface area (Å²) in [6.07, 6.45) is 4.89. The number of carbonyl (C=O) groups excluding carboxylic acids is 1. The number of rotatable bonds is 5. The third-order valence-electron chi connectivity index (χ3n) is 4.77. The van der Waals surface area contributed by atoms with Crippen LogP contribution < -0.4 is 5.56 Å². The van der Waals surface area contributed by atoms with Gasteiger partial charge in [-0.05, 0) is 44.4 Å². The van der Waals surface area contributed by atoms with Gasteiger partial charge in [-0.3, -0.25) is 14.2 Å². The van der Waals surface area contributed by atoms with Gasteiger partial charge in [0.05, 0.1) is 24.1 Å². The van der Waals surface area contributed by atoms with Crippen molar-refractivity contribution in [1.82, 2.24) is 19.4 Å². The zero-order valence-electron chi connectivity index (χ0n) is 15.2. The van der Waals surface area contributed by atoms with Crippen LogP contribution in [0.15, 0.2) is 38.8 Å². The number of aromatic nitrogens is 3. The van der Waals surface area contributed by atoms with Crippen LogP contribution in [0.4, 0.5) is 0 Å². The molecule has 3 aromatic heterocycles. The van der Waals surface area contributed by atoms with E-state index in [2.05, 4.69) is 9.97 Å². The van der Waals surface area contributed by atoms with Crippen molar-refractivity contribution in [2.45, 2.75) is 37.9 Å². The maximum Gasteiger partial charge on any atom is 0.278 e. The molecule has 0 saturated carbocycles. The number of aromatic amines is 1. The highest BCUT2D eigenvalue weighted by atomic mass is 32.2. The lowest BCUT2D eigenvalue weighted by atomic mass is 10.1. The number of nitrogens with one attached hydrogen (secondary N) is 1. The van der Waals surface area contributed by atoms with Gasteiger partial charge in [-0.25, -0.2) is 4.98 Å². The van der Waals surface area contributed by atoms with Crippen molar-refractivity contribution in [3.63, 3.8) is 0 Å². The molecule has 4 rings (SSSR count). The second-order valence-corrected chi connectivity index (χ2v) is 7.75. The molecule has 0 bridgehead atoms. The number of furan rings is 1. The second kappa shape index (κ2) is 7.64. The number of H-pyrrole nitrogens is 1. The van der Waals surface area contributed by atoms with E-state index in [1.807, 2.05) is 24.0 Å². The monoisotopic (exact) mass is 386 g/mol. The van der Waals surface area contributed by atoms with Crippen molar-refractivity contribution in [3.05, 3.63) is 46.3 Å². The molecule has 0 aromatic carbocycles. The number of hydrogen-bond donors (Lipinski definition) is 1. The molecule has 1 N–H and O–H groups in total. The Morgan fingerprint density at radius 2 is 2.15 bits per heavy atom. The van der Waals surface area contributed by atoms with Crippen LogP contribution in [0.3, 0.4) is 0 Å². The summed E-state index contributed by atoms with van der Waals surface area (Å²) < 4.78 is 6.98. The van der Waals surface area contributed by atoms with Crippen LogP contribution in [0, 0.1) is 6.92 Å².